The van der Waals surface area contributed by atoms with E-state index in [2.05, 4.69) is 0 Å². The molecule has 0 radical (unpaired) electrons. The Bertz CT molecular complexity index is 271. The molecule has 0 unspecified atom stereocenters. The lowest BCUT2D eigenvalue weighted by Crippen LogP contribution is -2.37. The van der Waals surface area contributed by atoms with E-state index in [0.29, 0.717) is 0 Å². The van der Waals surface area contributed by atoms with E-state index in [1.54, 1.807) is 17.0 Å². The molecule has 3 heteroatoms. The van der Waals surface area contributed by atoms with Crippen LogP contribution in [0.3, 0.4) is 0 Å². The number of aliphatic carboxylic acids is 1. The van der Waals surface area contributed by atoms with Gasteiger partial charge in [-0.1, -0.05) is 0 Å². The van der Waals surface area contributed by atoms with Gasteiger partial charge in [-0.3, -0.25) is 0 Å². The Hall–Kier alpha value is -1.38. The van der Waals surface area contributed by atoms with Crippen molar-refractivity contribution in [3.8, 4) is 0 Å². The third-order valence-electron chi connectivity index (χ3n) is 1.32. The van der Waals surface area contributed by atoms with Gasteiger partial charge in [-0.2, -0.15) is 4.57 Å². The minimum absolute atomic E-state index is 0.0294. The third kappa shape index (κ3) is 2.37. The maximum Gasteiger partial charge on any atom is 0.370 e. The smallest absolute Gasteiger partial charge is 0.370 e. The second kappa shape index (κ2) is 3.14. The molecule has 0 aliphatic rings. The van der Waals surface area contributed by atoms with Crippen LogP contribution in [0.4, 0.5) is 0 Å². The van der Waals surface area contributed by atoms with Gasteiger partial charge in [-0.25, -0.2) is 4.79 Å². The van der Waals surface area contributed by atoms with Crippen LogP contribution in [-0.2, 0) is 11.3 Å². The van der Waals surface area contributed by atoms with Gasteiger partial charge in [0.2, 0.25) is 6.54 Å². The molecule has 0 fully saturated rings. The molecule has 3 nitrogen and oxygen atoms in total. The standard InChI is InChI=1S/C8H9NO2/c1-7-3-2-4-9(5-7)6-8(10)11/h2-5H,6H2,1H3/p+1. The van der Waals surface area contributed by atoms with Crippen molar-refractivity contribution in [3.63, 3.8) is 0 Å². The van der Waals surface area contributed by atoms with E-state index in [-0.39, 0.29) is 6.54 Å². The molecular formula is C8H10NO2+. The maximum atomic E-state index is 10.3. The molecule has 1 heterocycles. The fraction of sp³-hybridized carbons (Fsp3) is 0.250. The van der Waals surface area contributed by atoms with Gasteiger partial charge in [-0.15, -0.1) is 0 Å². The molecule has 0 spiro atoms. The van der Waals surface area contributed by atoms with Gasteiger partial charge in [0, 0.05) is 11.6 Å². The fourth-order valence-electron chi connectivity index (χ4n) is 0.908. The zero-order valence-corrected chi connectivity index (χ0v) is 6.32. The average molecular weight is 152 g/mol. The van der Waals surface area contributed by atoms with Crippen molar-refractivity contribution in [2.75, 3.05) is 0 Å². The van der Waals surface area contributed by atoms with E-state index in [1.165, 1.54) is 0 Å². The molecular weight excluding hydrogens is 142 g/mol. The van der Waals surface area contributed by atoms with Crippen molar-refractivity contribution in [1.29, 1.82) is 0 Å². The van der Waals surface area contributed by atoms with Gasteiger partial charge >= 0.3 is 5.97 Å². The Balaban J connectivity index is 2.79. The highest BCUT2D eigenvalue weighted by atomic mass is 16.4. The summed E-state index contributed by atoms with van der Waals surface area (Å²) >= 11 is 0. The predicted octanol–water partition coefficient (Wildman–Crippen LogP) is 0.367. The van der Waals surface area contributed by atoms with Crippen molar-refractivity contribution >= 4 is 5.97 Å². The van der Waals surface area contributed by atoms with E-state index in [0.717, 1.165) is 5.56 Å². The number of hydrogen-bond donors (Lipinski definition) is 1. The van der Waals surface area contributed by atoms with Crippen molar-refractivity contribution in [1.82, 2.24) is 0 Å². The Morgan fingerprint density at radius 2 is 2.45 bits per heavy atom. The zero-order chi connectivity index (χ0) is 8.27. The van der Waals surface area contributed by atoms with E-state index in [1.807, 2.05) is 19.1 Å². The number of rotatable bonds is 2. The number of carbonyl (C=O) groups is 1. The molecule has 0 aliphatic heterocycles. The number of aromatic nitrogens is 1. The highest BCUT2D eigenvalue weighted by Gasteiger charge is 2.05. The summed E-state index contributed by atoms with van der Waals surface area (Å²) in [6.07, 6.45) is 3.54. The SMILES string of the molecule is Cc1ccc[n+](CC(=O)O)c1. The van der Waals surface area contributed by atoms with Crippen LogP contribution >= 0.6 is 0 Å². The third-order valence-corrected chi connectivity index (χ3v) is 1.32. The van der Waals surface area contributed by atoms with Crippen LogP contribution in [0.1, 0.15) is 5.56 Å². The van der Waals surface area contributed by atoms with Crippen LogP contribution in [0.25, 0.3) is 0 Å². The van der Waals surface area contributed by atoms with Crippen LogP contribution in [-0.4, -0.2) is 11.1 Å². The van der Waals surface area contributed by atoms with Crippen LogP contribution in [0, 0.1) is 6.92 Å². The second-order valence-corrected chi connectivity index (χ2v) is 2.45. The van der Waals surface area contributed by atoms with E-state index in [9.17, 15) is 4.79 Å². The molecule has 0 saturated heterocycles. The Morgan fingerprint density at radius 1 is 1.73 bits per heavy atom. The van der Waals surface area contributed by atoms with Gasteiger partial charge < -0.3 is 5.11 Å². The number of nitrogens with zero attached hydrogens (tertiary/aromatic N) is 1. The molecule has 0 aromatic carbocycles. The minimum Gasteiger partial charge on any atom is -0.477 e. The topological polar surface area (TPSA) is 41.2 Å². The zero-order valence-electron chi connectivity index (χ0n) is 6.32. The summed E-state index contributed by atoms with van der Waals surface area (Å²) in [5, 5.41) is 8.44. The highest BCUT2D eigenvalue weighted by Crippen LogP contribution is 1.88. The molecule has 1 aromatic heterocycles. The van der Waals surface area contributed by atoms with Gasteiger partial charge in [0.1, 0.15) is 0 Å². The Labute approximate surface area is 64.9 Å². The molecule has 1 aromatic rings. The maximum absolute atomic E-state index is 10.3. The molecule has 0 saturated carbocycles. The van der Waals surface area contributed by atoms with Crippen molar-refractivity contribution in [2.45, 2.75) is 13.5 Å². The summed E-state index contributed by atoms with van der Waals surface area (Å²) in [6, 6.07) is 3.76. The van der Waals surface area contributed by atoms with Crippen LogP contribution in [0.2, 0.25) is 0 Å². The molecule has 0 bridgehead atoms. The summed E-state index contributed by atoms with van der Waals surface area (Å²) in [6.45, 7) is 1.96. The van der Waals surface area contributed by atoms with E-state index >= 15 is 0 Å². The predicted molar refractivity (Wildman–Crippen MR) is 39.0 cm³/mol. The van der Waals surface area contributed by atoms with Crippen molar-refractivity contribution in [2.24, 2.45) is 0 Å². The number of aryl methyl sites for hydroxylation is 1. The molecule has 1 rings (SSSR count). The summed E-state index contributed by atoms with van der Waals surface area (Å²) in [5.74, 6) is -0.819. The number of carboxylic acids is 1. The Kier molecular flexibility index (Phi) is 2.21. The molecule has 1 N–H and O–H groups in total. The summed E-state index contributed by atoms with van der Waals surface area (Å²) in [4.78, 5) is 10.3. The first kappa shape index (κ1) is 7.72. The summed E-state index contributed by atoms with van der Waals surface area (Å²) in [5.41, 5.74) is 1.06. The van der Waals surface area contributed by atoms with Crippen molar-refractivity contribution in [3.05, 3.63) is 30.1 Å². The summed E-state index contributed by atoms with van der Waals surface area (Å²) < 4.78 is 1.64. The number of hydrogen-bond acceptors (Lipinski definition) is 1. The van der Waals surface area contributed by atoms with Gasteiger partial charge in [0.15, 0.2) is 12.4 Å². The molecule has 0 atom stereocenters. The van der Waals surface area contributed by atoms with Gasteiger partial charge in [0.05, 0.1) is 0 Å². The Morgan fingerprint density at radius 3 is 3.00 bits per heavy atom. The van der Waals surface area contributed by atoms with Crippen LogP contribution in [0.5, 0.6) is 0 Å². The quantitative estimate of drug-likeness (QED) is 0.622. The first-order valence-corrected chi connectivity index (χ1v) is 3.36. The van der Waals surface area contributed by atoms with Gasteiger partial charge in [0.25, 0.3) is 0 Å². The van der Waals surface area contributed by atoms with Crippen molar-refractivity contribution < 1.29 is 14.5 Å². The average Bonchev–Trinajstić information content (AvgIpc) is 1.85. The largest absolute Gasteiger partial charge is 0.477 e. The second-order valence-electron chi connectivity index (χ2n) is 2.45. The van der Waals surface area contributed by atoms with Crippen LogP contribution < -0.4 is 4.57 Å². The van der Waals surface area contributed by atoms with Gasteiger partial charge in [-0.05, 0) is 13.0 Å². The normalized spacial score (nSPS) is 9.55. The highest BCUT2D eigenvalue weighted by molar-refractivity contribution is 5.64. The molecule has 11 heavy (non-hydrogen) atoms. The first-order valence-electron chi connectivity index (χ1n) is 3.36. The lowest BCUT2D eigenvalue weighted by molar-refractivity contribution is -0.686. The van der Waals surface area contributed by atoms with Crippen LogP contribution in [0.15, 0.2) is 24.5 Å². The summed E-state index contributed by atoms with van der Waals surface area (Å²) in [7, 11) is 0. The molecule has 58 valence electrons. The molecule has 0 aliphatic carbocycles. The number of pyridine rings is 1. The lowest BCUT2D eigenvalue weighted by Gasteiger charge is -1.91. The monoisotopic (exact) mass is 152 g/mol. The molecule has 0 amide bonds. The first-order chi connectivity index (χ1) is 5.18. The minimum atomic E-state index is -0.819. The lowest BCUT2D eigenvalue weighted by atomic mass is 10.3. The van der Waals surface area contributed by atoms with E-state index in [4.69, 9.17) is 5.11 Å². The van der Waals surface area contributed by atoms with E-state index < -0.39 is 5.97 Å². The number of carboxylic acid groups (broad SMARTS) is 1. The fourth-order valence-corrected chi connectivity index (χ4v) is 0.908.